The van der Waals surface area contributed by atoms with Gasteiger partial charge < -0.3 is 15.2 Å². The van der Waals surface area contributed by atoms with Gasteiger partial charge in [0.1, 0.15) is 5.75 Å². The average Bonchev–Trinajstić information content (AvgIpc) is 3.12. The number of nitrogens with one attached hydrogen (secondary N) is 1. The molecular formula is C24H21N3O4. The van der Waals surface area contributed by atoms with E-state index in [1.54, 1.807) is 23.6 Å². The highest BCUT2D eigenvalue weighted by molar-refractivity contribution is 6.18. The topological polar surface area (TPSA) is 92.9 Å². The van der Waals surface area contributed by atoms with Crippen molar-refractivity contribution in [2.24, 2.45) is 0 Å². The summed E-state index contributed by atoms with van der Waals surface area (Å²) in [6.07, 6.45) is 1.55. The molecule has 5 rings (SSSR count). The van der Waals surface area contributed by atoms with Crippen molar-refractivity contribution < 1.29 is 14.6 Å². The van der Waals surface area contributed by atoms with E-state index in [1.807, 2.05) is 42.5 Å². The van der Waals surface area contributed by atoms with Crippen molar-refractivity contribution in [1.82, 2.24) is 14.7 Å². The lowest BCUT2D eigenvalue weighted by atomic mass is 10.1. The molecular weight excluding hydrogens is 394 g/mol. The molecule has 3 aromatic heterocycles. The molecule has 2 N–H and O–H groups in total. The summed E-state index contributed by atoms with van der Waals surface area (Å²) in [6, 6.07) is 14.9. The van der Waals surface area contributed by atoms with Crippen molar-refractivity contribution >= 4 is 44.0 Å². The van der Waals surface area contributed by atoms with Crippen molar-refractivity contribution in [2.75, 3.05) is 13.2 Å². The van der Waals surface area contributed by atoms with Crippen LogP contribution in [0.3, 0.4) is 0 Å². The van der Waals surface area contributed by atoms with Crippen molar-refractivity contribution in [3.63, 3.8) is 0 Å². The number of pyridine rings is 2. The SMILES string of the molecule is CC(Oc1ccc2c(c1)c1ccnc3c4ccccc4c(=O)n2c13)C(=O)NCCCO. The number of nitrogens with zero attached hydrogens (tertiary/aromatic N) is 2. The zero-order valence-electron chi connectivity index (χ0n) is 17.0. The largest absolute Gasteiger partial charge is 0.481 e. The maximum atomic E-state index is 13.3. The van der Waals surface area contributed by atoms with Crippen LogP contribution < -0.4 is 15.6 Å². The first-order chi connectivity index (χ1) is 15.1. The third-order valence-corrected chi connectivity index (χ3v) is 5.58. The molecule has 0 aliphatic carbocycles. The lowest BCUT2D eigenvalue weighted by molar-refractivity contribution is -0.127. The maximum absolute atomic E-state index is 13.3. The standard InChI is InChI=1S/C24H21N3O4/c1-14(23(29)26-10-4-12-28)31-15-7-8-20-19(13-15)17-9-11-25-21-16-5-2-3-6-18(16)24(30)27(20)22(17)21/h2-3,5-9,11,13-14,28H,4,10,12H2,1H3,(H,26,29). The van der Waals surface area contributed by atoms with Crippen molar-refractivity contribution in [3.8, 4) is 5.75 Å². The molecule has 0 saturated carbocycles. The van der Waals surface area contributed by atoms with E-state index in [4.69, 9.17) is 9.84 Å². The Hall–Kier alpha value is -3.71. The quantitative estimate of drug-likeness (QED) is 0.329. The van der Waals surface area contributed by atoms with Crippen LogP contribution >= 0.6 is 0 Å². The normalized spacial score (nSPS) is 12.7. The summed E-state index contributed by atoms with van der Waals surface area (Å²) >= 11 is 0. The number of carbonyl (C=O) groups excluding carboxylic acids is 1. The molecule has 0 fully saturated rings. The Bertz CT molecular complexity index is 1490. The molecule has 0 aliphatic heterocycles. The Morgan fingerprint density at radius 2 is 1.94 bits per heavy atom. The number of hydrogen-bond donors (Lipinski definition) is 2. The molecule has 7 nitrogen and oxygen atoms in total. The third kappa shape index (κ3) is 3.05. The number of ether oxygens (including phenoxy) is 1. The van der Waals surface area contributed by atoms with Crippen LogP contribution in [-0.2, 0) is 4.79 Å². The van der Waals surface area contributed by atoms with Gasteiger partial charge in [0.25, 0.3) is 11.5 Å². The lowest BCUT2D eigenvalue weighted by Gasteiger charge is -2.14. The van der Waals surface area contributed by atoms with Crippen LogP contribution in [0.4, 0.5) is 0 Å². The number of carbonyl (C=O) groups is 1. The highest BCUT2D eigenvalue weighted by atomic mass is 16.5. The molecule has 0 spiro atoms. The predicted octanol–water partition coefficient (Wildman–Crippen LogP) is 2.86. The molecule has 156 valence electrons. The van der Waals surface area contributed by atoms with Crippen molar-refractivity contribution in [1.29, 1.82) is 0 Å². The van der Waals surface area contributed by atoms with Crippen LogP contribution in [-0.4, -0.2) is 39.7 Å². The fraction of sp³-hybridized carbons (Fsp3) is 0.208. The number of rotatable bonds is 6. The van der Waals surface area contributed by atoms with E-state index in [9.17, 15) is 9.59 Å². The van der Waals surface area contributed by atoms with E-state index >= 15 is 0 Å². The second kappa shape index (κ2) is 7.52. The molecule has 0 radical (unpaired) electrons. The Labute approximate surface area is 177 Å². The van der Waals surface area contributed by atoms with E-state index in [1.165, 1.54) is 0 Å². The van der Waals surface area contributed by atoms with Gasteiger partial charge in [0.05, 0.1) is 16.6 Å². The van der Waals surface area contributed by atoms with Crippen LogP contribution in [0, 0.1) is 0 Å². The number of amides is 1. The summed E-state index contributed by atoms with van der Waals surface area (Å²) in [6.45, 7) is 2.10. The first-order valence-electron chi connectivity index (χ1n) is 10.2. The summed E-state index contributed by atoms with van der Waals surface area (Å²) in [7, 11) is 0. The molecule has 0 bridgehead atoms. The molecule has 1 unspecified atom stereocenters. The first-order valence-corrected chi connectivity index (χ1v) is 10.2. The Kier molecular flexibility index (Phi) is 4.67. The van der Waals surface area contributed by atoms with Gasteiger partial charge in [-0.2, -0.15) is 0 Å². The molecule has 1 amide bonds. The highest BCUT2D eigenvalue weighted by Crippen LogP contribution is 2.34. The van der Waals surface area contributed by atoms with Gasteiger partial charge >= 0.3 is 0 Å². The molecule has 0 saturated heterocycles. The van der Waals surface area contributed by atoms with Gasteiger partial charge in [-0.1, -0.05) is 18.2 Å². The minimum absolute atomic E-state index is 0.0235. The summed E-state index contributed by atoms with van der Waals surface area (Å²) < 4.78 is 7.57. The van der Waals surface area contributed by atoms with Gasteiger partial charge in [-0.15, -0.1) is 0 Å². The second-order valence-corrected chi connectivity index (χ2v) is 7.55. The van der Waals surface area contributed by atoms with E-state index in [-0.39, 0.29) is 18.1 Å². The number of aliphatic hydroxyl groups is 1. The number of fused-ring (bicyclic) bond motifs is 5. The van der Waals surface area contributed by atoms with E-state index in [0.29, 0.717) is 24.1 Å². The van der Waals surface area contributed by atoms with E-state index in [2.05, 4.69) is 10.3 Å². The van der Waals surface area contributed by atoms with Gasteiger partial charge in [0.15, 0.2) is 6.10 Å². The fourth-order valence-electron chi connectivity index (χ4n) is 4.11. The number of benzene rings is 2. The zero-order chi connectivity index (χ0) is 21.5. The minimum atomic E-state index is -0.691. The molecule has 5 aromatic rings. The number of hydrogen-bond acceptors (Lipinski definition) is 5. The van der Waals surface area contributed by atoms with Crippen LogP contribution in [0.15, 0.2) is 59.5 Å². The Morgan fingerprint density at radius 3 is 2.74 bits per heavy atom. The smallest absolute Gasteiger partial charge is 0.263 e. The fourth-order valence-corrected chi connectivity index (χ4v) is 4.11. The summed E-state index contributed by atoms with van der Waals surface area (Å²) in [4.78, 5) is 30.0. The predicted molar refractivity (Wildman–Crippen MR) is 120 cm³/mol. The van der Waals surface area contributed by atoms with Crippen molar-refractivity contribution in [2.45, 2.75) is 19.4 Å². The summed E-state index contributed by atoms with van der Waals surface area (Å²) in [5.74, 6) is 0.296. The van der Waals surface area contributed by atoms with Gasteiger partial charge in [0, 0.05) is 40.9 Å². The molecule has 2 aromatic carbocycles. The van der Waals surface area contributed by atoms with Crippen molar-refractivity contribution in [3.05, 3.63) is 65.1 Å². The highest BCUT2D eigenvalue weighted by Gasteiger charge is 2.19. The Morgan fingerprint density at radius 1 is 1.13 bits per heavy atom. The number of aliphatic hydroxyl groups excluding tert-OH is 1. The molecule has 0 aliphatic rings. The van der Waals surface area contributed by atoms with E-state index < -0.39 is 6.10 Å². The molecule has 1 atom stereocenters. The van der Waals surface area contributed by atoms with Crippen LogP contribution in [0.2, 0.25) is 0 Å². The zero-order valence-corrected chi connectivity index (χ0v) is 17.0. The average molecular weight is 415 g/mol. The van der Waals surface area contributed by atoms with Gasteiger partial charge in [0.2, 0.25) is 0 Å². The molecule has 7 heteroatoms. The molecule has 31 heavy (non-hydrogen) atoms. The van der Waals surface area contributed by atoms with E-state index in [0.717, 1.165) is 32.7 Å². The van der Waals surface area contributed by atoms with Gasteiger partial charge in [-0.25, -0.2) is 0 Å². The van der Waals surface area contributed by atoms with Gasteiger partial charge in [-0.05, 0) is 43.7 Å². The van der Waals surface area contributed by atoms with Crippen LogP contribution in [0.25, 0.3) is 38.1 Å². The summed E-state index contributed by atoms with van der Waals surface area (Å²) in [5.41, 5.74) is 2.26. The van der Waals surface area contributed by atoms with Crippen LogP contribution in [0.1, 0.15) is 13.3 Å². The summed E-state index contributed by atoms with van der Waals surface area (Å²) in [5, 5.41) is 14.8. The van der Waals surface area contributed by atoms with Crippen LogP contribution in [0.5, 0.6) is 5.75 Å². The Balaban J connectivity index is 1.63. The minimum Gasteiger partial charge on any atom is -0.481 e. The maximum Gasteiger partial charge on any atom is 0.263 e. The lowest BCUT2D eigenvalue weighted by Crippen LogP contribution is -2.37. The monoisotopic (exact) mass is 415 g/mol. The molecule has 3 heterocycles. The first kappa shape index (κ1) is 19.3. The van der Waals surface area contributed by atoms with Gasteiger partial charge in [-0.3, -0.25) is 19.0 Å². The number of aromatic nitrogens is 2. The second-order valence-electron chi connectivity index (χ2n) is 7.55. The third-order valence-electron chi connectivity index (χ3n) is 5.58.